The van der Waals surface area contributed by atoms with Gasteiger partial charge in [-0.3, -0.25) is 4.79 Å². The van der Waals surface area contributed by atoms with Gasteiger partial charge in [-0.05, 0) is 66.9 Å². The Bertz CT molecular complexity index is 2160. The lowest BCUT2D eigenvalue weighted by Crippen LogP contribution is -2.70. The van der Waals surface area contributed by atoms with E-state index in [0.29, 0.717) is 17.1 Å². The van der Waals surface area contributed by atoms with Crippen molar-refractivity contribution in [1.82, 2.24) is 0 Å². The number of esters is 2. The van der Waals surface area contributed by atoms with E-state index in [1.54, 1.807) is 75.6 Å². The Balaban J connectivity index is 1.27. The van der Waals surface area contributed by atoms with E-state index in [4.69, 9.17) is 47.4 Å². The minimum atomic E-state index is -1.95. The summed E-state index contributed by atoms with van der Waals surface area (Å²) in [4.78, 5) is 26.6. The normalized spacial score (nSPS) is 26.9. The zero-order valence-electron chi connectivity index (χ0n) is 35.7. The Morgan fingerprint density at radius 2 is 1.16 bits per heavy atom. The molecule has 2 aliphatic rings. The summed E-state index contributed by atoms with van der Waals surface area (Å²) in [6.45, 7) is 4.85. The van der Waals surface area contributed by atoms with E-state index in [-0.39, 0.29) is 26.4 Å². The minimum Gasteiger partial charge on any atom is -0.497 e. The Labute approximate surface area is 367 Å². The lowest BCUT2D eigenvalue weighted by atomic mass is 9.91. The van der Waals surface area contributed by atoms with Crippen LogP contribution in [0.25, 0.3) is 0 Å². The van der Waals surface area contributed by atoms with Crippen LogP contribution in [0.5, 0.6) is 11.5 Å². The molecule has 10 atom stereocenters. The fraction of sp³-hybridized carbons (Fsp3) is 0.360. The number of benzene rings is 5. The topological polar surface area (TPSA) is 147 Å². The average Bonchev–Trinajstić information content (AvgIpc) is 3.30. The van der Waals surface area contributed by atoms with Gasteiger partial charge in [-0.25, -0.2) is 4.79 Å². The van der Waals surface area contributed by atoms with Gasteiger partial charge >= 0.3 is 11.9 Å². The molecular weight excluding hydrogens is 809 g/mol. The van der Waals surface area contributed by atoms with Crippen LogP contribution in [-0.4, -0.2) is 91.7 Å². The van der Waals surface area contributed by atoms with Crippen LogP contribution in [-0.2, 0) is 62.5 Å². The first-order valence-electron chi connectivity index (χ1n) is 21.0. The van der Waals surface area contributed by atoms with Crippen LogP contribution in [0.1, 0.15) is 47.8 Å². The summed E-state index contributed by atoms with van der Waals surface area (Å²) in [5.74, 6) is -2.13. The van der Waals surface area contributed by atoms with Gasteiger partial charge < -0.3 is 52.5 Å². The SMILES string of the molecule is COc1ccc(O[C@@H]2O[C@@H](C)[C@@H](OC(=O)c3ccccc3)[C@@H](O[C@@]3(C)O[C@H](COCc4ccccc4)[C@H](OC(C)=O)[C@H](OCc4ccccc4)[C@H]3O)[C@@H]2OCc2ccccc2)cc1. The average molecular weight is 863 g/mol. The maximum Gasteiger partial charge on any atom is 0.338 e. The highest BCUT2D eigenvalue weighted by Gasteiger charge is 2.59. The number of carbonyl (C=O) groups is 2. The lowest BCUT2D eigenvalue weighted by Gasteiger charge is -2.52. The molecule has 63 heavy (non-hydrogen) atoms. The summed E-state index contributed by atoms with van der Waals surface area (Å²) < 4.78 is 63.7. The molecule has 2 saturated heterocycles. The summed E-state index contributed by atoms with van der Waals surface area (Å²) in [5.41, 5.74) is 2.87. The first kappa shape index (κ1) is 45.4. The van der Waals surface area contributed by atoms with Gasteiger partial charge in [-0.1, -0.05) is 109 Å². The molecule has 13 nitrogen and oxygen atoms in total. The van der Waals surface area contributed by atoms with Gasteiger partial charge in [0.2, 0.25) is 6.29 Å². The molecule has 0 aromatic heterocycles. The molecule has 2 fully saturated rings. The Morgan fingerprint density at radius 3 is 1.71 bits per heavy atom. The molecule has 332 valence electrons. The molecule has 2 heterocycles. The molecule has 7 rings (SSSR count). The molecule has 1 N–H and O–H groups in total. The third kappa shape index (κ3) is 11.9. The molecule has 0 bridgehead atoms. The maximum absolute atomic E-state index is 13.9. The molecular formula is C50H54O13. The van der Waals surface area contributed by atoms with Crippen molar-refractivity contribution in [2.75, 3.05) is 13.7 Å². The molecule has 0 spiro atoms. The van der Waals surface area contributed by atoms with Gasteiger partial charge in [-0.2, -0.15) is 0 Å². The third-order valence-electron chi connectivity index (χ3n) is 10.9. The first-order valence-corrected chi connectivity index (χ1v) is 21.0. The van der Waals surface area contributed by atoms with Gasteiger partial charge in [0.05, 0.1) is 45.2 Å². The van der Waals surface area contributed by atoms with Crippen molar-refractivity contribution in [3.8, 4) is 11.5 Å². The lowest BCUT2D eigenvalue weighted by molar-refractivity contribution is -0.400. The van der Waals surface area contributed by atoms with Gasteiger partial charge in [-0.15, -0.1) is 0 Å². The Kier molecular flexibility index (Phi) is 15.6. The van der Waals surface area contributed by atoms with Crippen molar-refractivity contribution in [2.24, 2.45) is 0 Å². The number of aliphatic hydroxyl groups excluding tert-OH is 1. The van der Waals surface area contributed by atoms with Crippen molar-refractivity contribution in [3.05, 3.63) is 168 Å². The molecule has 5 aromatic carbocycles. The monoisotopic (exact) mass is 862 g/mol. The number of ether oxygens (including phenoxy) is 10. The number of rotatable bonds is 18. The maximum atomic E-state index is 13.9. The molecule has 0 unspecified atom stereocenters. The number of hydrogen-bond donors (Lipinski definition) is 1. The van der Waals surface area contributed by atoms with Crippen LogP contribution in [0.15, 0.2) is 146 Å². The van der Waals surface area contributed by atoms with Crippen molar-refractivity contribution in [3.63, 3.8) is 0 Å². The highest BCUT2D eigenvalue weighted by molar-refractivity contribution is 5.89. The van der Waals surface area contributed by atoms with Gasteiger partial charge in [0.25, 0.3) is 0 Å². The van der Waals surface area contributed by atoms with Crippen LogP contribution >= 0.6 is 0 Å². The van der Waals surface area contributed by atoms with Gasteiger partial charge in [0.15, 0.2) is 24.1 Å². The summed E-state index contributed by atoms with van der Waals surface area (Å²) in [6.07, 6.45) is -10.4. The van der Waals surface area contributed by atoms with Crippen molar-refractivity contribution >= 4 is 11.9 Å². The minimum absolute atomic E-state index is 0.0558. The standard InChI is InChI=1S/C50H54O13/c1-33-42(61-48(53)38-23-15-8-16-24-38)44(46(57-31-37-21-13-7-14-22-37)49(58-33)60-40-27-25-39(54-4)26-28-40)63-50(3)47(52)45(56-30-36-19-11-6-12-20-36)43(59-34(2)51)41(62-50)32-55-29-35-17-9-5-10-18-35/h5-28,33,41-47,49,52H,29-32H2,1-4H3/t33-,41+,42+,43-,44+,45-,46-,47+,49-,50+/m0/s1. The van der Waals surface area contributed by atoms with E-state index in [2.05, 4.69) is 0 Å². The number of hydrogen-bond acceptors (Lipinski definition) is 13. The van der Waals surface area contributed by atoms with Crippen LogP contribution in [0.3, 0.4) is 0 Å². The van der Waals surface area contributed by atoms with E-state index >= 15 is 0 Å². The van der Waals surface area contributed by atoms with Crippen LogP contribution in [0.2, 0.25) is 0 Å². The molecule has 13 heteroatoms. The highest BCUT2D eigenvalue weighted by atomic mass is 16.8. The zero-order chi connectivity index (χ0) is 44.2. The second kappa shape index (κ2) is 21.6. The molecule has 0 radical (unpaired) electrons. The van der Waals surface area contributed by atoms with E-state index in [0.717, 1.165) is 16.7 Å². The molecule has 0 aliphatic carbocycles. The smallest absolute Gasteiger partial charge is 0.338 e. The second-order valence-electron chi connectivity index (χ2n) is 15.5. The molecule has 2 aliphatic heterocycles. The molecule has 0 saturated carbocycles. The van der Waals surface area contributed by atoms with Crippen molar-refractivity contribution in [2.45, 2.75) is 102 Å². The predicted molar refractivity (Wildman–Crippen MR) is 229 cm³/mol. The first-order chi connectivity index (χ1) is 30.6. The summed E-state index contributed by atoms with van der Waals surface area (Å²) in [6, 6.07) is 44.0. The number of carbonyl (C=O) groups excluding carboxylic acids is 2. The predicted octanol–water partition coefficient (Wildman–Crippen LogP) is 7.22. The third-order valence-corrected chi connectivity index (χ3v) is 10.9. The largest absolute Gasteiger partial charge is 0.497 e. The quantitative estimate of drug-likeness (QED) is 0.0886. The van der Waals surface area contributed by atoms with E-state index in [1.807, 2.05) is 91.0 Å². The molecule has 0 amide bonds. The molecule has 5 aromatic rings. The number of methoxy groups -OCH3 is 1. The van der Waals surface area contributed by atoms with E-state index < -0.39 is 72.8 Å². The zero-order valence-corrected chi connectivity index (χ0v) is 35.7. The van der Waals surface area contributed by atoms with Gasteiger partial charge in [0.1, 0.15) is 35.9 Å². The van der Waals surface area contributed by atoms with Crippen LogP contribution < -0.4 is 9.47 Å². The fourth-order valence-corrected chi connectivity index (χ4v) is 7.64. The van der Waals surface area contributed by atoms with Crippen molar-refractivity contribution < 1.29 is 62.1 Å². The summed E-state index contributed by atoms with van der Waals surface area (Å²) in [7, 11) is 1.57. The van der Waals surface area contributed by atoms with Gasteiger partial charge in [0, 0.05) is 6.92 Å². The van der Waals surface area contributed by atoms with E-state index in [9.17, 15) is 14.7 Å². The second-order valence-corrected chi connectivity index (χ2v) is 15.5. The van der Waals surface area contributed by atoms with Crippen LogP contribution in [0.4, 0.5) is 0 Å². The fourth-order valence-electron chi connectivity index (χ4n) is 7.64. The van der Waals surface area contributed by atoms with Crippen molar-refractivity contribution in [1.29, 1.82) is 0 Å². The van der Waals surface area contributed by atoms with Crippen LogP contribution in [0, 0.1) is 0 Å². The summed E-state index contributed by atoms with van der Waals surface area (Å²) in [5, 5.41) is 12.5. The Hall–Kier alpha value is -5.64. The summed E-state index contributed by atoms with van der Waals surface area (Å²) >= 11 is 0. The van der Waals surface area contributed by atoms with E-state index in [1.165, 1.54) is 6.92 Å². The number of aliphatic hydroxyl groups is 1. The Morgan fingerprint density at radius 1 is 0.635 bits per heavy atom. The highest BCUT2D eigenvalue weighted by Crippen LogP contribution is 2.40.